The van der Waals surface area contributed by atoms with Crippen LogP contribution in [0.25, 0.3) is 0 Å². The summed E-state index contributed by atoms with van der Waals surface area (Å²) in [5.74, 6) is 0. The number of hydrogen-bond donors (Lipinski definition) is 1. The molecule has 2 heterocycles. The van der Waals surface area contributed by atoms with E-state index in [1.165, 1.54) is 5.56 Å². The Bertz CT molecular complexity index is 516. The van der Waals surface area contributed by atoms with E-state index in [1.54, 1.807) is 11.3 Å². The van der Waals surface area contributed by atoms with Gasteiger partial charge in [0.1, 0.15) is 5.01 Å². The van der Waals surface area contributed by atoms with E-state index < -0.39 is 0 Å². The molecule has 3 nitrogen and oxygen atoms in total. The molecule has 2 aromatic rings. The van der Waals surface area contributed by atoms with Gasteiger partial charge in [0.2, 0.25) is 0 Å². The highest BCUT2D eigenvalue weighted by molar-refractivity contribution is 7.09. The molecule has 106 valence electrons. The number of rotatable bonds is 4. The number of thiazole rings is 1. The summed E-state index contributed by atoms with van der Waals surface area (Å²) in [5.41, 5.74) is 7.73. The smallest absolute Gasteiger partial charge is 0.113 e. The van der Waals surface area contributed by atoms with Crippen molar-refractivity contribution < 1.29 is 0 Å². The molecule has 4 heteroatoms. The normalized spacial score (nSPS) is 19.1. The molecule has 3 rings (SSSR count). The monoisotopic (exact) mass is 287 g/mol. The standard InChI is InChI=1S/C16H21N3S/c17-16(15-18-9-13-20-15)7-11-19(12-8-16)10-6-14-4-2-1-3-5-14/h1-5,9,13H,6-8,10-12,17H2. The predicted octanol–water partition coefficient (Wildman–Crippen LogP) is 2.64. The Hall–Kier alpha value is -1.23. The highest BCUT2D eigenvalue weighted by atomic mass is 32.1. The van der Waals surface area contributed by atoms with Crippen LogP contribution in [-0.4, -0.2) is 29.5 Å². The van der Waals surface area contributed by atoms with Gasteiger partial charge in [0.15, 0.2) is 0 Å². The van der Waals surface area contributed by atoms with E-state index in [0.717, 1.165) is 43.9 Å². The van der Waals surface area contributed by atoms with Crippen molar-refractivity contribution >= 4 is 11.3 Å². The zero-order valence-corrected chi connectivity index (χ0v) is 12.5. The third-order valence-electron chi connectivity index (χ3n) is 4.17. The average molecular weight is 287 g/mol. The number of aromatic nitrogens is 1. The Kier molecular flexibility index (Phi) is 4.15. The molecule has 1 fully saturated rings. The molecule has 20 heavy (non-hydrogen) atoms. The summed E-state index contributed by atoms with van der Waals surface area (Å²) in [6.45, 7) is 3.27. The summed E-state index contributed by atoms with van der Waals surface area (Å²) in [7, 11) is 0. The fourth-order valence-corrected chi connectivity index (χ4v) is 3.60. The molecule has 0 atom stereocenters. The van der Waals surface area contributed by atoms with Crippen molar-refractivity contribution in [2.24, 2.45) is 5.73 Å². The van der Waals surface area contributed by atoms with Crippen LogP contribution >= 0.6 is 11.3 Å². The predicted molar refractivity (Wildman–Crippen MR) is 83.8 cm³/mol. The van der Waals surface area contributed by atoms with E-state index in [-0.39, 0.29) is 5.54 Å². The van der Waals surface area contributed by atoms with Crippen LogP contribution in [0.3, 0.4) is 0 Å². The molecule has 1 aromatic carbocycles. The molecule has 1 saturated heterocycles. The second-order valence-corrected chi connectivity index (χ2v) is 6.47. The number of hydrogen-bond acceptors (Lipinski definition) is 4. The third-order valence-corrected chi connectivity index (χ3v) is 5.16. The maximum absolute atomic E-state index is 6.52. The van der Waals surface area contributed by atoms with Crippen molar-refractivity contribution in [3.05, 3.63) is 52.5 Å². The van der Waals surface area contributed by atoms with E-state index >= 15 is 0 Å². The number of nitrogens with zero attached hydrogens (tertiary/aromatic N) is 2. The Labute approximate surface area is 124 Å². The fourth-order valence-electron chi connectivity index (χ4n) is 2.79. The number of benzene rings is 1. The molecule has 0 saturated carbocycles. The molecular formula is C16H21N3S. The average Bonchev–Trinajstić information content (AvgIpc) is 3.03. The first-order chi connectivity index (χ1) is 9.76. The zero-order chi connectivity index (χ0) is 13.8. The number of nitrogens with two attached hydrogens (primary N) is 1. The molecule has 0 aliphatic carbocycles. The van der Waals surface area contributed by atoms with E-state index in [0.29, 0.717) is 0 Å². The van der Waals surface area contributed by atoms with Gasteiger partial charge >= 0.3 is 0 Å². The van der Waals surface area contributed by atoms with Crippen LogP contribution in [0.5, 0.6) is 0 Å². The fraction of sp³-hybridized carbons (Fsp3) is 0.438. The van der Waals surface area contributed by atoms with Gasteiger partial charge < -0.3 is 10.6 Å². The van der Waals surface area contributed by atoms with Gasteiger partial charge in [-0.2, -0.15) is 0 Å². The van der Waals surface area contributed by atoms with Crippen molar-refractivity contribution in [1.82, 2.24) is 9.88 Å². The van der Waals surface area contributed by atoms with Gasteiger partial charge in [-0.1, -0.05) is 30.3 Å². The van der Waals surface area contributed by atoms with Crippen molar-refractivity contribution in [3.8, 4) is 0 Å². The van der Waals surface area contributed by atoms with Gasteiger partial charge in [0.25, 0.3) is 0 Å². The lowest BCUT2D eigenvalue weighted by Gasteiger charge is -2.37. The zero-order valence-electron chi connectivity index (χ0n) is 11.7. The Morgan fingerprint density at radius 2 is 1.95 bits per heavy atom. The minimum atomic E-state index is -0.197. The topological polar surface area (TPSA) is 42.1 Å². The highest BCUT2D eigenvalue weighted by Gasteiger charge is 2.34. The summed E-state index contributed by atoms with van der Waals surface area (Å²) >= 11 is 1.69. The quantitative estimate of drug-likeness (QED) is 0.940. The number of likely N-dealkylation sites (tertiary alicyclic amines) is 1. The molecule has 1 aliphatic heterocycles. The lowest BCUT2D eigenvalue weighted by molar-refractivity contribution is 0.163. The summed E-state index contributed by atoms with van der Waals surface area (Å²) in [4.78, 5) is 6.92. The van der Waals surface area contributed by atoms with Gasteiger partial charge in [0.05, 0.1) is 5.54 Å². The summed E-state index contributed by atoms with van der Waals surface area (Å²) in [6, 6.07) is 10.7. The van der Waals surface area contributed by atoms with Crippen molar-refractivity contribution in [2.45, 2.75) is 24.8 Å². The Balaban J connectivity index is 1.51. The minimum absolute atomic E-state index is 0.197. The Morgan fingerprint density at radius 3 is 2.60 bits per heavy atom. The first-order valence-electron chi connectivity index (χ1n) is 7.21. The molecule has 0 amide bonds. The van der Waals surface area contributed by atoms with E-state index in [1.807, 2.05) is 11.6 Å². The summed E-state index contributed by atoms with van der Waals surface area (Å²) < 4.78 is 0. The van der Waals surface area contributed by atoms with E-state index in [2.05, 4.69) is 40.2 Å². The maximum Gasteiger partial charge on any atom is 0.113 e. The van der Waals surface area contributed by atoms with Crippen LogP contribution in [0, 0.1) is 0 Å². The first kappa shape index (κ1) is 13.7. The van der Waals surface area contributed by atoms with Crippen LogP contribution in [-0.2, 0) is 12.0 Å². The highest BCUT2D eigenvalue weighted by Crippen LogP contribution is 2.31. The Morgan fingerprint density at radius 1 is 1.20 bits per heavy atom. The lowest BCUT2D eigenvalue weighted by Crippen LogP contribution is -2.48. The second-order valence-electron chi connectivity index (χ2n) is 5.57. The SMILES string of the molecule is NC1(c2nccs2)CCN(CCc2ccccc2)CC1. The molecule has 0 spiro atoms. The van der Waals surface area contributed by atoms with Crippen LogP contribution in [0.1, 0.15) is 23.4 Å². The van der Waals surface area contributed by atoms with Crippen LogP contribution in [0.2, 0.25) is 0 Å². The number of piperidine rings is 1. The molecule has 1 aromatic heterocycles. The van der Waals surface area contributed by atoms with Crippen LogP contribution < -0.4 is 5.73 Å². The van der Waals surface area contributed by atoms with Gasteiger partial charge in [-0.15, -0.1) is 11.3 Å². The third kappa shape index (κ3) is 3.08. The summed E-state index contributed by atoms with van der Waals surface area (Å²) in [6.07, 6.45) is 5.00. The van der Waals surface area contributed by atoms with E-state index in [9.17, 15) is 0 Å². The molecular weight excluding hydrogens is 266 g/mol. The molecule has 0 radical (unpaired) electrons. The van der Waals surface area contributed by atoms with E-state index in [4.69, 9.17) is 5.73 Å². The molecule has 0 bridgehead atoms. The largest absolute Gasteiger partial charge is 0.319 e. The van der Waals surface area contributed by atoms with Crippen molar-refractivity contribution in [2.75, 3.05) is 19.6 Å². The molecule has 2 N–H and O–H groups in total. The van der Waals surface area contributed by atoms with Crippen molar-refractivity contribution in [3.63, 3.8) is 0 Å². The first-order valence-corrected chi connectivity index (χ1v) is 8.09. The minimum Gasteiger partial charge on any atom is -0.319 e. The van der Waals surface area contributed by atoms with Gasteiger partial charge in [-0.3, -0.25) is 0 Å². The van der Waals surface area contributed by atoms with Crippen LogP contribution in [0.4, 0.5) is 0 Å². The molecule has 1 aliphatic rings. The summed E-state index contributed by atoms with van der Waals surface area (Å²) in [5, 5.41) is 3.12. The van der Waals surface area contributed by atoms with Crippen molar-refractivity contribution in [1.29, 1.82) is 0 Å². The van der Waals surface area contributed by atoms with Gasteiger partial charge in [0, 0.05) is 31.2 Å². The lowest BCUT2D eigenvalue weighted by atomic mass is 9.89. The maximum atomic E-state index is 6.52. The molecule has 0 unspecified atom stereocenters. The van der Waals surface area contributed by atoms with Gasteiger partial charge in [-0.05, 0) is 24.8 Å². The van der Waals surface area contributed by atoms with Gasteiger partial charge in [-0.25, -0.2) is 4.98 Å². The second kappa shape index (κ2) is 6.04. The van der Waals surface area contributed by atoms with Crippen LogP contribution in [0.15, 0.2) is 41.9 Å².